The predicted octanol–water partition coefficient (Wildman–Crippen LogP) is 7.63. The topological polar surface area (TPSA) is 43.4 Å². The average molecular weight is 503 g/mol. The summed E-state index contributed by atoms with van der Waals surface area (Å²) in [6.45, 7) is 4.12. The highest BCUT2D eigenvalue weighted by Gasteiger charge is 2.60. The van der Waals surface area contributed by atoms with E-state index >= 15 is 0 Å². The lowest BCUT2D eigenvalue weighted by Gasteiger charge is -2.58. The third-order valence-electron chi connectivity index (χ3n) is 10.4. The minimum absolute atomic E-state index is 0.0146. The summed E-state index contributed by atoms with van der Waals surface area (Å²) in [4.78, 5) is 25.0. The highest BCUT2D eigenvalue weighted by atomic mass is 19.4. The van der Waals surface area contributed by atoms with E-state index < -0.39 is 6.36 Å². The van der Waals surface area contributed by atoms with Crippen molar-refractivity contribution < 1.29 is 27.5 Å². The van der Waals surface area contributed by atoms with E-state index in [9.17, 15) is 22.8 Å². The first-order chi connectivity index (χ1) is 17.0. The number of benzene rings is 1. The Labute approximate surface area is 211 Å². The fourth-order valence-corrected chi connectivity index (χ4v) is 8.90. The summed E-state index contributed by atoms with van der Waals surface area (Å²) in [5.41, 5.74) is 2.28. The van der Waals surface area contributed by atoms with Crippen molar-refractivity contribution in [3.63, 3.8) is 0 Å². The van der Waals surface area contributed by atoms with Crippen LogP contribution in [0.2, 0.25) is 0 Å². The van der Waals surface area contributed by atoms with Gasteiger partial charge in [-0.15, -0.1) is 13.2 Å². The predicted molar refractivity (Wildman–Crippen MR) is 131 cm³/mol. The first-order valence-corrected chi connectivity index (χ1v) is 13.6. The third-order valence-corrected chi connectivity index (χ3v) is 10.4. The number of hydrogen-bond donors (Lipinski definition) is 0. The number of alkyl halides is 3. The van der Waals surface area contributed by atoms with Gasteiger partial charge in [0.05, 0.1) is 0 Å². The molecule has 0 aliphatic heterocycles. The Morgan fingerprint density at radius 3 is 2.69 bits per heavy atom. The first kappa shape index (κ1) is 25.5. The molecule has 3 fully saturated rings. The van der Waals surface area contributed by atoms with E-state index in [1.54, 1.807) is 13.0 Å². The standard InChI is InChI=1S/C30H37F3O3/c1-19(34)25-10-11-27-24-9-8-21-18-22(35)12-15-28(21,2)26(24)13-16-29(25,27)14-4-6-20-5-3-7-23(17-20)36-30(31,32)33/h3,5,7-8,17,24-27H,4,6,9-16,18H2,1-2H3/t24-,25-,26-,27+,28-,29-/m1/s1. The molecule has 4 aliphatic carbocycles. The van der Waals surface area contributed by atoms with Crippen LogP contribution < -0.4 is 4.74 Å². The molecule has 4 aliphatic rings. The Hall–Kier alpha value is -2.11. The number of carbonyl (C=O) groups is 2. The largest absolute Gasteiger partial charge is 0.573 e. The fraction of sp³-hybridized carbons (Fsp3) is 0.667. The number of allylic oxidation sites excluding steroid dienone is 2. The van der Waals surface area contributed by atoms with Gasteiger partial charge in [-0.3, -0.25) is 9.59 Å². The molecule has 36 heavy (non-hydrogen) atoms. The van der Waals surface area contributed by atoms with E-state index in [0.29, 0.717) is 42.8 Å². The molecule has 0 aromatic heterocycles. The van der Waals surface area contributed by atoms with Gasteiger partial charge in [-0.05, 0) is 111 Å². The van der Waals surface area contributed by atoms with Crippen LogP contribution >= 0.6 is 0 Å². The Morgan fingerprint density at radius 2 is 1.94 bits per heavy atom. The second-order valence-corrected chi connectivity index (χ2v) is 12.0. The summed E-state index contributed by atoms with van der Waals surface area (Å²) >= 11 is 0. The summed E-state index contributed by atoms with van der Waals surface area (Å²) < 4.78 is 42.0. The smallest absolute Gasteiger partial charge is 0.406 e. The highest BCUT2D eigenvalue weighted by molar-refractivity contribution is 5.82. The van der Waals surface area contributed by atoms with E-state index in [0.717, 1.165) is 56.9 Å². The Kier molecular flexibility index (Phi) is 6.61. The number of hydrogen-bond acceptors (Lipinski definition) is 3. The van der Waals surface area contributed by atoms with Gasteiger partial charge in [-0.2, -0.15) is 0 Å². The zero-order valence-electron chi connectivity index (χ0n) is 21.3. The number of halogens is 3. The fourth-order valence-electron chi connectivity index (χ4n) is 8.90. The molecule has 0 heterocycles. The van der Waals surface area contributed by atoms with Gasteiger partial charge in [0.2, 0.25) is 0 Å². The molecule has 0 amide bonds. The number of Topliss-reactive ketones (excluding diaryl/α,β-unsaturated/α-hetero) is 2. The normalized spacial score (nSPS) is 35.9. The van der Waals surface area contributed by atoms with E-state index in [1.807, 2.05) is 6.07 Å². The van der Waals surface area contributed by atoms with Crippen molar-refractivity contribution in [2.75, 3.05) is 0 Å². The Morgan fingerprint density at radius 1 is 1.14 bits per heavy atom. The van der Waals surface area contributed by atoms with E-state index in [4.69, 9.17) is 0 Å². The maximum absolute atomic E-state index is 12.8. The molecular formula is C30H37F3O3. The van der Waals surface area contributed by atoms with Gasteiger partial charge >= 0.3 is 6.36 Å². The maximum atomic E-state index is 12.8. The van der Waals surface area contributed by atoms with Crippen molar-refractivity contribution in [3.8, 4) is 5.75 Å². The van der Waals surface area contributed by atoms with Gasteiger partial charge in [-0.1, -0.05) is 30.7 Å². The molecule has 0 N–H and O–H groups in total. The van der Waals surface area contributed by atoms with Crippen LogP contribution in [0.15, 0.2) is 35.9 Å². The van der Waals surface area contributed by atoms with Crippen LogP contribution in [0, 0.1) is 34.5 Å². The molecule has 5 rings (SSSR count). The number of rotatable bonds is 6. The highest BCUT2D eigenvalue weighted by Crippen LogP contribution is 2.67. The number of ether oxygens (including phenoxy) is 1. The third kappa shape index (κ3) is 4.54. The number of carbonyl (C=O) groups excluding carboxylic acids is 2. The lowest BCUT2D eigenvalue weighted by molar-refractivity contribution is -0.274. The quantitative estimate of drug-likeness (QED) is 0.376. The monoisotopic (exact) mass is 502 g/mol. The molecule has 0 saturated heterocycles. The summed E-state index contributed by atoms with van der Waals surface area (Å²) in [6, 6.07) is 6.28. The van der Waals surface area contributed by atoms with Gasteiger partial charge in [-0.25, -0.2) is 0 Å². The van der Waals surface area contributed by atoms with Crippen molar-refractivity contribution in [2.24, 2.45) is 34.5 Å². The van der Waals surface area contributed by atoms with Crippen molar-refractivity contribution in [3.05, 3.63) is 41.5 Å². The average Bonchev–Trinajstić information content (AvgIpc) is 3.19. The minimum atomic E-state index is -4.70. The molecule has 1 aromatic rings. The van der Waals surface area contributed by atoms with Gasteiger partial charge in [0.25, 0.3) is 0 Å². The molecule has 0 radical (unpaired) electrons. The second kappa shape index (κ2) is 9.33. The number of ketones is 2. The van der Waals surface area contributed by atoms with E-state index in [-0.39, 0.29) is 28.3 Å². The van der Waals surface area contributed by atoms with E-state index in [2.05, 4.69) is 17.7 Å². The van der Waals surface area contributed by atoms with Gasteiger partial charge in [0.15, 0.2) is 0 Å². The molecule has 3 saturated carbocycles. The van der Waals surface area contributed by atoms with Crippen molar-refractivity contribution >= 4 is 11.6 Å². The molecule has 6 atom stereocenters. The zero-order chi connectivity index (χ0) is 25.7. The van der Waals surface area contributed by atoms with Crippen LogP contribution in [-0.2, 0) is 16.0 Å². The second-order valence-electron chi connectivity index (χ2n) is 12.0. The van der Waals surface area contributed by atoms with Crippen molar-refractivity contribution in [2.45, 2.75) is 90.8 Å². The van der Waals surface area contributed by atoms with Crippen LogP contribution in [0.3, 0.4) is 0 Å². The van der Waals surface area contributed by atoms with Crippen LogP contribution in [0.1, 0.15) is 83.6 Å². The summed E-state index contributed by atoms with van der Waals surface area (Å²) in [7, 11) is 0. The summed E-state index contributed by atoms with van der Waals surface area (Å²) in [5.74, 6) is 2.18. The van der Waals surface area contributed by atoms with Crippen LogP contribution in [0.4, 0.5) is 13.2 Å². The van der Waals surface area contributed by atoms with E-state index in [1.165, 1.54) is 17.7 Å². The maximum Gasteiger partial charge on any atom is 0.573 e. The van der Waals surface area contributed by atoms with Gasteiger partial charge < -0.3 is 4.74 Å². The van der Waals surface area contributed by atoms with Gasteiger partial charge in [0.1, 0.15) is 17.3 Å². The lowest BCUT2D eigenvalue weighted by Crippen LogP contribution is -2.51. The number of aryl methyl sites for hydroxylation is 1. The van der Waals surface area contributed by atoms with Gasteiger partial charge in [0, 0.05) is 18.8 Å². The Balaban J connectivity index is 1.34. The van der Waals surface area contributed by atoms with Crippen molar-refractivity contribution in [1.29, 1.82) is 0 Å². The zero-order valence-corrected chi connectivity index (χ0v) is 21.3. The number of fused-ring (bicyclic) bond motifs is 5. The molecule has 0 spiro atoms. The molecular weight excluding hydrogens is 465 g/mol. The van der Waals surface area contributed by atoms with Crippen molar-refractivity contribution in [1.82, 2.24) is 0 Å². The molecule has 0 unspecified atom stereocenters. The van der Waals surface area contributed by atoms with Crippen LogP contribution in [-0.4, -0.2) is 17.9 Å². The molecule has 0 bridgehead atoms. The lowest BCUT2D eigenvalue weighted by atomic mass is 9.46. The van der Waals surface area contributed by atoms with Crippen LogP contribution in [0.25, 0.3) is 0 Å². The molecule has 3 nitrogen and oxygen atoms in total. The first-order valence-electron chi connectivity index (χ1n) is 13.6. The molecule has 1 aromatic carbocycles. The summed E-state index contributed by atoms with van der Waals surface area (Å²) in [5, 5.41) is 0. The Bertz CT molecular complexity index is 1060. The minimum Gasteiger partial charge on any atom is -0.406 e. The van der Waals surface area contributed by atoms with Crippen LogP contribution in [0.5, 0.6) is 5.75 Å². The molecule has 6 heteroatoms. The molecule has 196 valence electrons. The SMILES string of the molecule is CC(=O)[C@H]1CC[C@H]2[C@@H]3CC=C4CC(=O)CC[C@@]4(C)[C@@H]3CC[C@]12CCCc1cccc(OC(F)(F)F)c1. The summed E-state index contributed by atoms with van der Waals surface area (Å²) in [6.07, 6.45) is 7.54.